The summed E-state index contributed by atoms with van der Waals surface area (Å²) in [6.07, 6.45) is 2.13. The minimum Gasteiger partial charge on any atom is -0.319 e. The van der Waals surface area contributed by atoms with Crippen molar-refractivity contribution < 1.29 is 4.79 Å². The fraction of sp³-hybridized carbons (Fsp3) is 0.500. The molecule has 16 heavy (non-hydrogen) atoms. The lowest BCUT2D eigenvalue weighted by atomic mass is 9.88. The third-order valence-corrected chi connectivity index (χ3v) is 3.02. The van der Waals surface area contributed by atoms with E-state index in [1.165, 1.54) is 0 Å². The van der Waals surface area contributed by atoms with Gasteiger partial charge in [0.15, 0.2) is 5.78 Å². The summed E-state index contributed by atoms with van der Waals surface area (Å²) >= 11 is 0. The van der Waals surface area contributed by atoms with Crippen LogP contribution in [0.5, 0.6) is 0 Å². The molecule has 0 bridgehead atoms. The minimum atomic E-state index is -0.684. The predicted molar refractivity (Wildman–Crippen MR) is 67.4 cm³/mol. The fourth-order valence-electron chi connectivity index (χ4n) is 1.84. The summed E-state index contributed by atoms with van der Waals surface area (Å²) in [5, 5.41) is 0. The Morgan fingerprint density at radius 1 is 1.38 bits per heavy atom. The molecule has 2 heteroatoms. The normalized spacial score (nSPS) is 14.5. The highest BCUT2D eigenvalue weighted by Gasteiger charge is 2.26. The molecule has 2 N–H and O–H groups in total. The van der Waals surface area contributed by atoms with Crippen LogP contribution in [0.4, 0.5) is 0 Å². The van der Waals surface area contributed by atoms with Gasteiger partial charge >= 0.3 is 0 Å². The van der Waals surface area contributed by atoms with Gasteiger partial charge in [0.05, 0.1) is 5.54 Å². The van der Waals surface area contributed by atoms with E-state index >= 15 is 0 Å². The summed E-state index contributed by atoms with van der Waals surface area (Å²) in [6.45, 7) is 5.90. The molecular weight excluding hydrogens is 198 g/mol. The zero-order valence-corrected chi connectivity index (χ0v) is 10.4. The van der Waals surface area contributed by atoms with Gasteiger partial charge in [-0.05, 0) is 31.4 Å². The Bertz CT molecular complexity index is 369. The molecule has 1 aromatic carbocycles. The van der Waals surface area contributed by atoms with Crippen LogP contribution in [0.1, 0.15) is 37.8 Å². The van der Waals surface area contributed by atoms with E-state index in [1.807, 2.05) is 45.0 Å². The van der Waals surface area contributed by atoms with Gasteiger partial charge in [-0.2, -0.15) is 0 Å². The molecule has 0 spiro atoms. The molecule has 0 saturated heterocycles. The first-order valence-electron chi connectivity index (χ1n) is 5.84. The summed E-state index contributed by atoms with van der Waals surface area (Å²) in [5.74, 6) is 0.128. The third-order valence-electron chi connectivity index (χ3n) is 3.02. The van der Waals surface area contributed by atoms with Gasteiger partial charge in [0, 0.05) is 6.42 Å². The molecule has 0 radical (unpaired) electrons. The molecule has 88 valence electrons. The highest BCUT2D eigenvalue weighted by atomic mass is 16.1. The summed E-state index contributed by atoms with van der Waals surface area (Å²) in [5.41, 5.74) is 7.57. The Labute approximate surface area is 97.9 Å². The second kappa shape index (κ2) is 5.26. The summed E-state index contributed by atoms with van der Waals surface area (Å²) in [6, 6.07) is 7.96. The first-order valence-corrected chi connectivity index (χ1v) is 5.84. The number of hydrogen-bond acceptors (Lipinski definition) is 2. The molecular formula is C14H21NO. The lowest BCUT2D eigenvalue weighted by Crippen LogP contribution is -2.45. The fourth-order valence-corrected chi connectivity index (χ4v) is 1.84. The second-order valence-electron chi connectivity index (χ2n) is 4.69. The Balaban J connectivity index is 2.75. The molecule has 0 saturated carbocycles. The number of nitrogens with two attached hydrogens (primary N) is 1. The third kappa shape index (κ3) is 3.17. The number of benzene rings is 1. The molecule has 1 aromatic rings. The van der Waals surface area contributed by atoms with Crippen LogP contribution in [0.25, 0.3) is 0 Å². The smallest absolute Gasteiger partial charge is 0.156 e. The van der Waals surface area contributed by atoms with E-state index in [0.717, 1.165) is 24.0 Å². The van der Waals surface area contributed by atoms with Gasteiger partial charge in [-0.3, -0.25) is 4.79 Å². The largest absolute Gasteiger partial charge is 0.319 e. The summed E-state index contributed by atoms with van der Waals surface area (Å²) in [7, 11) is 0. The monoisotopic (exact) mass is 219 g/mol. The molecule has 1 rings (SSSR count). The van der Waals surface area contributed by atoms with Crippen molar-refractivity contribution in [2.45, 2.75) is 45.6 Å². The van der Waals surface area contributed by atoms with Gasteiger partial charge in [-0.1, -0.05) is 37.6 Å². The highest BCUT2D eigenvalue weighted by Crippen LogP contribution is 2.15. The van der Waals surface area contributed by atoms with Crippen molar-refractivity contribution in [2.75, 3.05) is 0 Å². The number of aryl methyl sites for hydroxylation is 1. The Morgan fingerprint density at radius 2 is 2.00 bits per heavy atom. The Morgan fingerprint density at radius 3 is 2.56 bits per heavy atom. The molecule has 2 nitrogen and oxygen atoms in total. The number of rotatable bonds is 5. The zero-order chi connectivity index (χ0) is 12.2. The summed E-state index contributed by atoms with van der Waals surface area (Å²) < 4.78 is 0. The zero-order valence-electron chi connectivity index (χ0n) is 10.4. The number of Topliss-reactive ketones (excluding diaryl/α,β-unsaturated/α-hetero) is 1. The molecule has 0 amide bonds. The van der Waals surface area contributed by atoms with Crippen LogP contribution < -0.4 is 5.73 Å². The molecule has 0 fully saturated rings. The van der Waals surface area contributed by atoms with Gasteiger partial charge in [0.1, 0.15) is 0 Å². The average molecular weight is 219 g/mol. The van der Waals surface area contributed by atoms with Crippen molar-refractivity contribution in [3.8, 4) is 0 Å². The van der Waals surface area contributed by atoms with Crippen LogP contribution in [-0.2, 0) is 11.2 Å². The van der Waals surface area contributed by atoms with E-state index in [9.17, 15) is 4.79 Å². The predicted octanol–water partition coefficient (Wildman–Crippen LogP) is 2.62. The maximum Gasteiger partial charge on any atom is 0.156 e. The molecule has 0 aromatic heterocycles. The van der Waals surface area contributed by atoms with Crippen LogP contribution in [-0.4, -0.2) is 11.3 Å². The average Bonchev–Trinajstić information content (AvgIpc) is 2.21. The van der Waals surface area contributed by atoms with E-state index < -0.39 is 5.54 Å². The van der Waals surface area contributed by atoms with E-state index in [2.05, 4.69) is 0 Å². The van der Waals surface area contributed by atoms with Crippen molar-refractivity contribution in [3.63, 3.8) is 0 Å². The van der Waals surface area contributed by atoms with Gasteiger partial charge in [-0.25, -0.2) is 0 Å². The molecule has 0 aliphatic heterocycles. The second-order valence-corrected chi connectivity index (χ2v) is 4.69. The molecule has 1 atom stereocenters. The standard InChI is InChI=1S/C14H21NO/c1-4-9-14(3,15)13(16)10-12-8-6-5-7-11(12)2/h5-8H,4,9-10,15H2,1-3H3. The van der Waals surface area contributed by atoms with Crippen molar-refractivity contribution in [2.24, 2.45) is 5.73 Å². The van der Waals surface area contributed by atoms with Gasteiger partial charge in [-0.15, -0.1) is 0 Å². The van der Waals surface area contributed by atoms with E-state index in [0.29, 0.717) is 6.42 Å². The molecule has 0 heterocycles. The number of ketones is 1. The maximum atomic E-state index is 12.1. The van der Waals surface area contributed by atoms with Gasteiger partial charge in [0.2, 0.25) is 0 Å². The van der Waals surface area contributed by atoms with Crippen molar-refractivity contribution in [1.29, 1.82) is 0 Å². The Hall–Kier alpha value is -1.15. The first-order chi connectivity index (χ1) is 7.47. The SMILES string of the molecule is CCCC(C)(N)C(=O)Cc1ccccc1C. The van der Waals surface area contributed by atoms with Gasteiger partial charge in [0.25, 0.3) is 0 Å². The molecule has 1 unspecified atom stereocenters. The summed E-state index contributed by atoms with van der Waals surface area (Å²) in [4.78, 5) is 12.1. The van der Waals surface area contributed by atoms with Crippen LogP contribution in [0.15, 0.2) is 24.3 Å². The Kier molecular flexibility index (Phi) is 4.25. The minimum absolute atomic E-state index is 0.128. The highest BCUT2D eigenvalue weighted by molar-refractivity contribution is 5.89. The number of carbonyl (C=O) groups is 1. The van der Waals surface area contributed by atoms with Crippen LogP contribution >= 0.6 is 0 Å². The van der Waals surface area contributed by atoms with Crippen LogP contribution in [0, 0.1) is 6.92 Å². The number of carbonyl (C=O) groups excluding carboxylic acids is 1. The van der Waals surface area contributed by atoms with Crippen molar-refractivity contribution in [1.82, 2.24) is 0 Å². The van der Waals surface area contributed by atoms with Gasteiger partial charge < -0.3 is 5.73 Å². The van der Waals surface area contributed by atoms with E-state index in [-0.39, 0.29) is 5.78 Å². The quantitative estimate of drug-likeness (QED) is 0.827. The topological polar surface area (TPSA) is 43.1 Å². The van der Waals surface area contributed by atoms with Crippen LogP contribution in [0.2, 0.25) is 0 Å². The lowest BCUT2D eigenvalue weighted by molar-refractivity contribution is -0.123. The first kappa shape index (κ1) is 12.9. The van der Waals surface area contributed by atoms with E-state index in [4.69, 9.17) is 5.73 Å². The van der Waals surface area contributed by atoms with Crippen molar-refractivity contribution >= 4 is 5.78 Å². The molecule has 0 aliphatic rings. The van der Waals surface area contributed by atoms with E-state index in [1.54, 1.807) is 0 Å². The molecule has 0 aliphatic carbocycles. The maximum absolute atomic E-state index is 12.1. The van der Waals surface area contributed by atoms with Crippen molar-refractivity contribution in [3.05, 3.63) is 35.4 Å². The lowest BCUT2D eigenvalue weighted by Gasteiger charge is -2.22. The van der Waals surface area contributed by atoms with Crippen LogP contribution in [0.3, 0.4) is 0 Å². The number of hydrogen-bond donors (Lipinski definition) is 1.